The van der Waals surface area contributed by atoms with Gasteiger partial charge in [0.1, 0.15) is 5.69 Å². The SMILES string of the molecule is CC1(C(N)=O)CCN(C(=O)c2cc3c(Br)cccc3[nH]2)C1. The molecular weight excluding hydrogens is 334 g/mol. The highest BCUT2D eigenvalue weighted by molar-refractivity contribution is 9.10. The van der Waals surface area contributed by atoms with Crippen molar-refractivity contribution in [3.05, 3.63) is 34.4 Å². The monoisotopic (exact) mass is 349 g/mol. The summed E-state index contributed by atoms with van der Waals surface area (Å²) in [6.45, 7) is 2.73. The van der Waals surface area contributed by atoms with E-state index in [0.29, 0.717) is 25.2 Å². The van der Waals surface area contributed by atoms with Gasteiger partial charge in [-0.3, -0.25) is 9.59 Å². The van der Waals surface area contributed by atoms with Crippen molar-refractivity contribution in [2.75, 3.05) is 13.1 Å². The van der Waals surface area contributed by atoms with Crippen LogP contribution < -0.4 is 5.73 Å². The van der Waals surface area contributed by atoms with E-state index in [2.05, 4.69) is 20.9 Å². The smallest absolute Gasteiger partial charge is 0.270 e. The first-order chi connectivity index (χ1) is 9.90. The average Bonchev–Trinajstić information content (AvgIpc) is 3.03. The second kappa shape index (κ2) is 4.87. The van der Waals surface area contributed by atoms with Crippen molar-refractivity contribution in [3.63, 3.8) is 0 Å². The number of amides is 2. The fourth-order valence-corrected chi connectivity index (χ4v) is 3.22. The van der Waals surface area contributed by atoms with Gasteiger partial charge in [0, 0.05) is 28.5 Å². The average molecular weight is 350 g/mol. The number of nitrogens with zero attached hydrogens (tertiary/aromatic N) is 1. The molecule has 3 rings (SSSR count). The minimum Gasteiger partial charge on any atom is -0.369 e. The number of benzene rings is 1. The Kier molecular flexibility index (Phi) is 3.28. The summed E-state index contributed by atoms with van der Waals surface area (Å²) in [4.78, 5) is 28.9. The Labute approximate surface area is 130 Å². The number of carbonyl (C=O) groups excluding carboxylic acids is 2. The molecule has 0 radical (unpaired) electrons. The molecule has 1 saturated heterocycles. The third-order valence-electron chi connectivity index (χ3n) is 4.20. The lowest BCUT2D eigenvalue weighted by Gasteiger charge is -2.20. The number of nitrogens with two attached hydrogens (primary N) is 1. The number of rotatable bonds is 2. The van der Waals surface area contributed by atoms with Crippen LogP contribution in [0.1, 0.15) is 23.8 Å². The van der Waals surface area contributed by atoms with Crippen LogP contribution in [0.5, 0.6) is 0 Å². The van der Waals surface area contributed by atoms with E-state index < -0.39 is 5.41 Å². The molecule has 2 heterocycles. The summed E-state index contributed by atoms with van der Waals surface area (Å²) in [5, 5.41) is 0.970. The van der Waals surface area contributed by atoms with Gasteiger partial charge in [-0.05, 0) is 31.5 Å². The minimum atomic E-state index is -0.623. The summed E-state index contributed by atoms with van der Waals surface area (Å²) in [5.41, 5.74) is 6.24. The van der Waals surface area contributed by atoms with Gasteiger partial charge in [-0.1, -0.05) is 22.0 Å². The lowest BCUT2D eigenvalue weighted by molar-refractivity contribution is -0.126. The molecule has 0 aliphatic carbocycles. The second-order valence-electron chi connectivity index (χ2n) is 5.79. The van der Waals surface area contributed by atoms with Crippen molar-refractivity contribution in [2.45, 2.75) is 13.3 Å². The van der Waals surface area contributed by atoms with Crippen LogP contribution in [0.3, 0.4) is 0 Å². The van der Waals surface area contributed by atoms with Gasteiger partial charge in [0.15, 0.2) is 0 Å². The van der Waals surface area contributed by atoms with Crippen molar-refractivity contribution < 1.29 is 9.59 Å². The topological polar surface area (TPSA) is 79.2 Å². The van der Waals surface area contributed by atoms with Crippen LogP contribution in [0.25, 0.3) is 10.9 Å². The van der Waals surface area contributed by atoms with Gasteiger partial charge in [-0.15, -0.1) is 0 Å². The van der Waals surface area contributed by atoms with Crippen molar-refractivity contribution in [2.24, 2.45) is 11.1 Å². The molecule has 21 heavy (non-hydrogen) atoms. The standard InChI is InChI=1S/C15H16BrN3O2/c1-15(14(17)21)5-6-19(8-15)13(20)12-7-9-10(16)3-2-4-11(9)18-12/h2-4,7,18H,5-6,8H2,1H3,(H2,17,21). The van der Waals surface area contributed by atoms with Crippen LogP contribution in [0.4, 0.5) is 0 Å². The van der Waals surface area contributed by atoms with E-state index in [1.165, 1.54) is 0 Å². The van der Waals surface area contributed by atoms with Crippen LogP contribution in [-0.2, 0) is 4.79 Å². The van der Waals surface area contributed by atoms with E-state index in [9.17, 15) is 9.59 Å². The molecule has 1 fully saturated rings. The number of aromatic amines is 1. The van der Waals surface area contributed by atoms with Gasteiger partial charge in [0.2, 0.25) is 5.91 Å². The molecule has 110 valence electrons. The highest BCUT2D eigenvalue weighted by Crippen LogP contribution is 2.31. The molecule has 1 aromatic carbocycles. The van der Waals surface area contributed by atoms with Gasteiger partial charge >= 0.3 is 0 Å². The third kappa shape index (κ3) is 2.33. The molecule has 1 unspecified atom stereocenters. The van der Waals surface area contributed by atoms with Crippen molar-refractivity contribution in [1.29, 1.82) is 0 Å². The Morgan fingerprint density at radius 1 is 1.43 bits per heavy atom. The predicted molar refractivity (Wildman–Crippen MR) is 83.8 cm³/mol. The van der Waals surface area contributed by atoms with Crippen LogP contribution in [0.15, 0.2) is 28.7 Å². The van der Waals surface area contributed by atoms with E-state index in [0.717, 1.165) is 15.4 Å². The van der Waals surface area contributed by atoms with Crippen LogP contribution >= 0.6 is 15.9 Å². The zero-order valence-electron chi connectivity index (χ0n) is 11.6. The Morgan fingerprint density at radius 3 is 2.81 bits per heavy atom. The third-order valence-corrected chi connectivity index (χ3v) is 4.89. The highest BCUT2D eigenvalue weighted by atomic mass is 79.9. The van der Waals surface area contributed by atoms with Crippen molar-refractivity contribution >= 4 is 38.6 Å². The molecule has 1 aliphatic rings. The summed E-state index contributed by atoms with van der Waals surface area (Å²) < 4.78 is 0.943. The quantitative estimate of drug-likeness (QED) is 0.871. The Bertz CT molecular complexity index is 740. The Morgan fingerprint density at radius 2 is 2.19 bits per heavy atom. The first-order valence-corrected chi connectivity index (χ1v) is 7.56. The number of fused-ring (bicyclic) bond motifs is 1. The fourth-order valence-electron chi connectivity index (χ4n) is 2.74. The minimum absolute atomic E-state index is 0.0944. The van der Waals surface area contributed by atoms with Gasteiger partial charge in [0.25, 0.3) is 5.91 Å². The molecule has 1 atom stereocenters. The van der Waals surface area contributed by atoms with Gasteiger partial charge < -0.3 is 15.6 Å². The number of nitrogens with one attached hydrogen (secondary N) is 1. The molecular formula is C15H16BrN3O2. The lowest BCUT2D eigenvalue weighted by atomic mass is 9.89. The summed E-state index contributed by atoms with van der Waals surface area (Å²) in [7, 11) is 0. The number of hydrogen-bond donors (Lipinski definition) is 2. The number of likely N-dealkylation sites (tertiary alicyclic amines) is 1. The zero-order valence-corrected chi connectivity index (χ0v) is 13.2. The van der Waals surface area contributed by atoms with Crippen molar-refractivity contribution in [3.8, 4) is 0 Å². The number of carbonyl (C=O) groups is 2. The highest BCUT2D eigenvalue weighted by Gasteiger charge is 2.41. The molecule has 1 aliphatic heterocycles. The maximum atomic E-state index is 12.6. The predicted octanol–water partition coefficient (Wildman–Crippen LogP) is 2.27. The van der Waals surface area contributed by atoms with E-state index in [1.807, 2.05) is 31.2 Å². The molecule has 6 heteroatoms. The maximum absolute atomic E-state index is 12.6. The maximum Gasteiger partial charge on any atom is 0.270 e. The van der Waals surface area contributed by atoms with Gasteiger partial charge in [0.05, 0.1) is 5.41 Å². The summed E-state index contributed by atoms with van der Waals surface area (Å²) in [5.74, 6) is -0.444. The van der Waals surface area contributed by atoms with Crippen LogP contribution in [0, 0.1) is 5.41 Å². The normalized spacial score (nSPS) is 21.9. The molecule has 5 nitrogen and oxygen atoms in total. The Balaban J connectivity index is 1.88. The van der Waals surface area contributed by atoms with Gasteiger partial charge in [-0.2, -0.15) is 0 Å². The summed E-state index contributed by atoms with van der Waals surface area (Å²) >= 11 is 3.47. The first kappa shape index (κ1) is 14.1. The van der Waals surface area contributed by atoms with Gasteiger partial charge in [-0.25, -0.2) is 0 Å². The zero-order chi connectivity index (χ0) is 15.2. The molecule has 0 saturated carbocycles. The first-order valence-electron chi connectivity index (χ1n) is 6.77. The summed E-state index contributed by atoms with van der Waals surface area (Å²) in [6, 6.07) is 7.61. The number of aromatic nitrogens is 1. The molecule has 2 amide bonds. The molecule has 1 aromatic heterocycles. The Hall–Kier alpha value is -1.82. The second-order valence-corrected chi connectivity index (χ2v) is 6.64. The number of primary amides is 1. The number of hydrogen-bond acceptors (Lipinski definition) is 2. The van der Waals surface area contributed by atoms with E-state index in [4.69, 9.17) is 5.73 Å². The number of halogens is 1. The molecule has 3 N–H and O–H groups in total. The number of H-pyrrole nitrogens is 1. The van der Waals surface area contributed by atoms with Crippen molar-refractivity contribution in [1.82, 2.24) is 9.88 Å². The lowest BCUT2D eigenvalue weighted by Crippen LogP contribution is -2.38. The molecule has 0 bridgehead atoms. The summed E-state index contributed by atoms with van der Waals surface area (Å²) in [6.07, 6.45) is 0.609. The van der Waals surface area contributed by atoms with E-state index >= 15 is 0 Å². The fraction of sp³-hybridized carbons (Fsp3) is 0.333. The van der Waals surface area contributed by atoms with Crippen LogP contribution in [-0.4, -0.2) is 34.8 Å². The van der Waals surface area contributed by atoms with E-state index in [1.54, 1.807) is 4.90 Å². The van der Waals surface area contributed by atoms with E-state index in [-0.39, 0.29) is 11.8 Å². The van der Waals surface area contributed by atoms with Crippen LogP contribution in [0.2, 0.25) is 0 Å². The largest absolute Gasteiger partial charge is 0.369 e. The molecule has 2 aromatic rings. The molecule has 0 spiro atoms.